The van der Waals surface area contributed by atoms with E-state index in [-0.39, 0.29) is 5.92 Å². The van der Waals surface area contributed by atoms with E-state index in [2.05, 4.69) is 4.84 Å². The van der Waals surface area contributed by atoms with Gasteiger partial charge in [-0.15, -0.1) is 0 Å². The molecule has 0 heterocycles. The molecule has 0 spiro atoms. The molecule has 6 heteroatoms. The maximum absolute atomic E-state index is 11.0. The van der Waals surface area contributed by atoms with Gasteiger partial charge in [-0.3, -0.25) is 9.63 Å². The number of hydroxylamine groups is 1. The van der Waals surface area contributed by atoms with E-state index in [1.54, 1.807) is 13.8 Å². The van der Waals surface area contributed by atoms with Gasteiger partial charge in [-0.05, 0) is 5.92 Å². The molecule has 4 N–H and O–H groups in total. The summed E-state index contributed by atoms with van der Waals surface area (Å²) in [4.78, 5) is 25.3. The van der Waals surface area contributed by atoms with E-state index >= 15 is 0 Å². The molecule has 0 aliphatic rings. The molecule has 0 aliphatic carbocycles. The molecule has 0 unspecified atom stereocenters. The zero-order valence-electron chi connectivity index (χ0n) is 7.61. The highest BCUT2D eigenvalue weighted by molar-refractivity contribution is 5.80. The second kappa shape index (κ2) is 5.50. The number of hydrogen-bond donors (Lipinski definition) is 3. The third kappa shape index (κ3) is 5.15. The lowest BCUT2D eigenvalue weighted by Crippen LogP contribution is -2.44. The summed E-state index contributed by atoms with van der Waals surface area (Å²) in [6.45, 7) is 2.99. The molecule has 1 amide bonds. The quantitative estimate of drug-likeness (QED) is 0.488. The number of carboxylic acid groups (broad SMARTS) is 1. The van der Waals surface area contributed by atoms with Gasteiger partial charge in [-0.25, -0.2) is 10.3 Å². The topological polar surface area (TPSA) is 102 Å². The molecule has 0 saturated carbocycles. The first-order valence-electron chi connectivity index (χ1n) is 3.84. The van der Waals surface area contributed by atoms with Gasteiger partial charge in [0.2, 0.25) is 0 Å². The number of nitrogens with one attached hydrogen (secondary N) is 1. The van der Waals surface area contributed by atoms with Crippen LogP contribution in [0.2, 0.25) is 0 Å². The predicted octanol–water partition coefficient (Wildman–Crippen LogP) is -0.898. The summed E-state index contributed by atoms with van der Waals surface area (Å²) in [5.74, 6) is -1.69. The van der Waals surface area contributed by atoms with Crippen LogP contribution in [0.15, 0.2) is 0 Å². The summed E-state index contributed by atoms with van der Waals surface area (Å²) in [5.41, 5.74) is 7.39. The van der Waals surface area contributed by atoms with E-state index in [9.17, 15) is 9.59 Å². The normalized spacial score (nSPS) is 12.6. The van der Waals surface area contributed by atoms with Crippen LogP contribution in [0.25, 0.3) is 0 Å². The number of amides is 1. The number of carbonyl (C=O) groups is 2. The van der Waals surface area contributed by atoms with Gasteiger partial charge < -0.3 is 10.8 Å². The van der Waals surface area contributed by atoms with Crippen LogP contribution in [0.1, 0.15) is 13.8 Å². The lowest BCUT2D eigenvalue weighted by atomic mass is 10.1. The fraction of sp³-hybridized carbons (Fsp3) is 0.714. The highest BCUT2D eigenvalue weighted by Gasteiger charge is 2.17. The maximum atomic E-state index is 11.0. The van der Waals surface area contributed by atoms with E-state index in [4.69, 9.17) is 10.8 Å². The summed E-state index contributed by atoms with van der Waals surface area (Å²) in [7, 11) is 0. The average molecular weight is 190 g/mol. The Morgan fingerprint density at radius 1 is 1.54 bits per heavy atom. The molecule has 0 fully saturated rings. The summed E-state index contributed by atoms with van der Waals surface area (Å²) < 4.78 is 0. The first kappa shape index (κ1) is 11.9. The summed E-state index contributed by atoms with van der Waals surface area (Å²) in [5, 5.41) is 8.17. The molecule has 76 valence electrons. The third-order valence-electron chi connectivity index (χ3n) is 1.39. The van der Waals surface area contributed by atoms with Crippen LogP contribution in [0.3, 0.4) is 0 Å². The number of hydrogen-bond acceptors (Lipinski definition) is 4. The molecule has 0 aromatic carbocycles. The van der Waals surface area contributed by atoms with Gasteiger partial charge in [0.15, 0.2) is 6.61 Å². The zero-order chi connectivity index (χ0) is 10.4. The van der Waals surface area contributed by atoms with Crippen molar-refractivity contribution < 1.29 is 19.5 Å². The fourth-order valence-corrected chi connectivity index (χ4v) is 0.540. The third-order valence-corrected chi connectivity index (χ3v) is 1.39. The molecule has 0 aromatic heterocycles. The lowest BCUT2D eigenvalue weighted by molar-refractivity contribution is -0.150. The standard InChI is InChI=1S/C7H14N2O4/c1-4(2)6(8)7(12)9-13-3-5(10)11/h4,6H,3,8H2,1-2H3,(H,9,12)(H,10,11)/t6-/m1/s1. The Labute approximate surface area is 76.0 Å². The van der Waals surface area contributed by atoms with Gasteiger partial charge >= 0.3 is 5.97 Å². The first-order valence-corrected chi connectivity index (χ1v) is 3.84. The number of aliphatic carboxylic acids is 1. The molecule has 0 radical (unpaired) electrons. The molecular formula is C7H14N2O4. The molecule has 0 aliphatic heterocycles. The van der Waals surface area contributed by atoms with Crippen molar-refractivity contribution in [2.75, 3.05) is 6.61 Å². The lowest BCUT2D eigenvalue weighted by Gasteiger charge is -2.14. The van der Waals surface area contributed by atoms with Crippen LogP contribution in [0.5, 0.6) is 0 Å². The van der Waals surface area contributed by atoms with Gasteiger partial charge in [0.25, 0.3) is 5.91 Å². The minimum absolute atomic E-state index is 0.0200. The number of carboxylic acids is 1. The average Bonchev–Trinajstić information content (AvgIpc) is 2.02. The molecule has 0 saturated heterocycles. The van der Waals surface area contributed by atoms with Crippen LogP contribution >= 0.6 is 0 Å². The van der Waals surface area contributed by atoms with Crippen LogP contribution in [-0.2, 0) is 14.4 Å². The van der Waals surface area contributed by atoms with Crippen molar-refractivity contribution in [1.29, 1.82) is 0 Å². The van der Waals surface area contributed by atoms with Crippen LogP contribution in [0, 0.1) is 5.92 Å². The minimum atomic E-state index is -1.15. The van der Waals surface area contributed by atoms with Crippen molar-refractivity contribution in [1.82, 2.24) is 5.48 Å². The second-order valence-corrected chi connectivity index (χ2v) is 2.92. The minimum Gasteiger partial charge on any atom is -0.479 e. The SMILES string of the molecule is CC(C)[C@@H](N)C(=O)NOCC(=O)O. The van der Waals surface area contributed by atoms with Crippen LogP contribution in [0.4, 0.5) is 0 Å². The number of nitrogens with two attached hydrogens (primary N) is 1. The number of rotatable bonds is 5. The molecule has 0 rings (SSSR count). The molecule has 0 bridgehead atoms. The Morgan fingerprint density at radius 2 is 2.08 bits per heavy atom. The Hall–Kier alpha value is -1.14. The molecule has 1 atom stereocenters. The highest BCUT2D eigenvalue weighted by atomic mass is 16.7. The summed E-state index contributed by atoms with van der Waals surface area (Å²) in [6.07, 6.45) is 0. The van der Waals surface area contributed by atoms with Crippen LogP contribution < -0.4 is 11.2 Å². The maximum Gasteiger partial charge on any atom is 0.332 e. The molecular weight excluding hydrogens is 176 g/mol. The fourth-order valence-electron chi connectivity index (χ4n) is 0.540. The number of carbonyl (C=O) groups excluding carboxylic acids is 1. The Bertz CT molecular complexity index is 193. The molecule has 0 aromatic rings. The molecule has 6 nitrogen and oxygen atoms in total. The van der Waals surface area contributed by atoms with E-state index < -0.39 is 24.5 Å². The first-order chi connectivity index (χ1) is 5.95. The Balaban J connectivity index is 3.68. The van der Waals surface area contributed by atoms with E-state index in [0.29, 0.717) is 0 Å². The van der Waals surface area contributed by atoms with E-state index in [1.807, 2.05) is 5.48 Å². The zero-order valence-corrected chi connectivity index (χ0v) is 7.61. The van der Waals surface area contributed by atoms with Crippen molar-refractivity contribution in [3.63, 3.8) is 0 Å². The van der Waals surface area contributed by atoms with Crippen molar-refractivity contribution in [3.8, 4) is 0 Å². The van der Waals surface area contributed by atoms with Crippen molar-refractivity contribution in [2.45, 2.75) is 19.9 Å². The second-order valence-electron chi connectivity index (χ2n) is 2.92. The van der Waals surface area contributed by atoms with Crippen molar-refractivity contribution in [2.24, 2.45) is 11.7 Å². The van der Waals surface area contributed by atoms with Gasteiger partial charge in [-0.2, -0.15) is 0 Å². The van der Waals surface area contributed by atoms with Gasteiger partial charge in [0.1, 0.15) is 0 Å². The van der Waals surface area contributed by atoms with Gasteiger partial charge in [-0.1, -0.05) is 13.8 Å². The predicted molar refractivity (Wildman–Crippen MR) is 44.5 cm³/mol. The smallest absolute Gasteiger partial charge is 0.332 e. The van der Waals surface area contributed by atoms with Gasteiger partial charge in [0.05, 0.1) is 6.04 Å². The largest absolute Gasteiger partial charge is 0.479 e. The Morgan fingerprint density at radius 3 is 2.46 bits per heavy atom. The summed E-state index contributed by atoms with van der Waals surface area (Å²) >= 11 is 0. The van der Waals surface area contributed by atoms with E-state index in [1.165, 1.54) is 0 Å². The van der Waals surface area contributed by atoms with E-state index in [0.717, 1.165) is 0 Å². The van der Waals surface area contributed by atoms with Gasteiger partial charge in [0, 0.05) is 0 Å². The van der Waals surface area contributed by atoms with Crippen LogP contribution in [-0.4, -0.2) is 29.6 Å². The molecule has 13 heavy (non-hydrogen) atoms. The highest BCUT2D eigenvalue weighted by Crippen LogP contribution is 1.97. The Kier molecular flexibility index (Phi) is 5.01. The van der Waals surface area contributed by atoms with Crippen molar-refractivity contribution in [3.05, 3.63) is 0 Å². The van der Waals surface area contributed by atoms with Crippen molar-refractivity contribution >= 4 is 11.9 Å². The summed E-state index contributed by atoms with van der Waals surface area (Å²) in [6, 6.07) is -0.686. The monoisotopic (exact) mass is 190 g/mol.